The summed E-state index contributed by atoms with van der Waals surface area (Å²) in [6, 6.07) is 23.5. The van der Waals surface area contributed by atoms with Crippen molar-refractivity contribution in [2.75, 3.05) is 6.61 Å². The highest BCUT2D eigenvalue weighted by Crippen LogP contribution is 2.30. The van der Waals surface area contributed by atoms with E-state index in [1.165, 1.54) is 12.1 Å². The van der Waals surface area contributed by atoms with E-state index in [1.807, 2.05) is 60.7 Å². The number of hydrogen-bond donors (Lipinski definition) is 0. The summed E-state index contributed by atoms with van der Waals surface area (Å²) in [5.41, 5.74) is 1.24. The van der Waals surface area contributed by atoms with Crippen LogP contribution in [0.25, 0.3) is 0 Å². The van der Waals surface area contributed by atoms with E-state index in [0.717, 1.165) is 23.3 Å². The minimum atomic E-state index is -4.44. The van der Waals surface area contributed by atoms with Gasteiger partial charge in [-0.2, -0.15) is 13.2 Å². The molecule has 0 bridgehead atoms. The quantitative estimate of drug-likeness (QED) is 0.488. The highest BCUT2D eigenvalue weighted by atomic mass is 19.4. The summed E-state index contributed by atoms with van der Waals surface area (Å²) in [4.78, 5) is 12.1. The summed E-state index contributed by atoms with van der Waals surface area (Å²) >= 11 is 0. The van der Waals surface area contributed by atoms with Crippen LogP contribution in [-0.2, 0) is 27.1 Å². The number of hydrogen-bond acceptors (Lipinski definition) is 3. The van der Waals surface area contributed by atoms with E-state index in [-0.39, 0.29) is 18.8 Å². The highest BCUT2D eigenvalue weighted by molar-refractivity contribution is 5.70. The van der Waals surface area contributed by atoms with Crippen LogP contribution in [0.4, 0.5) is 13.2 Å². The normalized spacial score (nSPS) is 11.4. The first-order valence-electron chi connectivity index (χ1n) is 8.97. The molecule has 29 heavy (non-hydrogen) atoms. The molecule has 0 saturated carbocycles. The maximum atomic E-state index is 12.8. The molecule has 0 radical (unpaired) electrons. The number of ether oxygens (including phenoxy) is 2. The van der Waals surface area contributed by atoms with Gasteiger partial charge in [-0.05, 0) is 28.8 Å². The molecule has 0 spiro atoms. The molecule has 0 atom stereocenters. The van der Waals surface area contributed by atoms with Gasteiger partial charge >= 0.3 is 12.1 Å². The fourth-order valence-electron chi connectivity index (χ4n) is 2.83. The van der Waals surface area contributed by atoms with E-state index in [2.05, 4.69) is 0 Å². The molecule has 3 aromatic rings. The van der Waals surface area contributed by atoms with Gasteiger partial charge in [-0.15, -0.1) is 0 Å². The number of rotatable bonds is 7. The van der Waals surface area contributed by atoms with Crippen LogP contribution in [0.5, 0.6) is 0 Å². The van der Waals surface area contributed by atoms with Gasteiger partial charge in [0.2, 0.25) is 0 Å². The van der Waals surface area contributed by atoms with Crippen LogP contribution in [0.15, 0.2) is 84.9 Å². The summed E-state index contributed by atoms with van der Waals surface area (Å²) in [5, 5.41) is 0. The summed E-state index contributed by atoms with van der Waals surface area (Å²) in [6.45, 7) is -0.582. The molecular weight excluding hydrogens is 381 g/mol. The van der Waals surface area contributed by atoms with Gasteiger partial charge in [-0.3, -0.25) is 0 Å². The van der Waals surface area contributed by atoms with Crippen LogP contribution in [0.3, 0.4) is 0 Å². The van der Waals surface area contributed by atoms with Crippen LogP contribution in [0, 0.1) is 0 Å². The number of carbonyl (C=O) groups is 1. The zero-order valence-electron chi connectivity index (χ0n) is 15.4. The van der Waals surface area contributed by atoms with Crippen LogP contribution in [0.1, 0.15) is 28.4 Å². The van der Waals surface area contributed by atoms with E-state index in [0.29, 0.717) is 0 Å². The standard InChI is InChI=1S/C23H19F3O3/c24-23(25,26)20-13-7-8-17(14-20)15-28-21(27)16-29-22(18-9-3-1-4-10-18)19-11-5-2-6-12-19/h1-14,22H,15-16H2. The lowest BCUT2D eigenvalue weighted by molar-refractivity contribution is -0.151. The molecule has 3 rings (SSSR count). The molecule has 0 fully saturated rings. The third-order valence-electron chi connectivity index (χ3n) is 4.23. The Morgan fingerprint density at radius 1 is 0.828 bits per heavy atom. The first kappa shape index (κ1) is 20.6. The number of halogens is 3. The maximum absolute atomic E-state index is 12.8. The minimum Gasteiger partial charge on any atom is -0.459 e. The van der Waals surface area contributed by atoms with E-state index in [1.54, 1.807) is 0 Å². The lowest BCUT2D eigenvalue weighted by Crippen LogP contribution is -2.16. The number of carbonyl (C=O) groups excluding carboxylic acids is 1. The van der Waals surface area contributed by atoms with E-state index in [4.69, 9.17) is 9.47 Å². The molecule has 0 aliphatic rings. The highest BCUT2D eigenvalue weighted by Gasteiger charge is 2.30. The van der Waals surface area contributed by atoms with E-state index < -0.39 is 23.8 Å². The van der Waals surface area contributed by atoms with Gasteiger partial charge in [0, 0.05) is 0 Å². The summed E-state index contributed by atoms with van der Waals surface area (Å²) in [7, 11) is 0. The van der Waals surface area contributed by atoms with Gasteiger partial charge in [-0.25, -0.2) is 4.79 Å². The first-order valence-corrected chi connectivity index (χ1v) is 8.97. The molecule has 3 nitrogen and oxygen atoms in total. The lowest BCUT2D eigenvalue weighted by Gasteiger charge is -2.18. The summed E-state index contributed by atoms with van der Waals surface area (Å²) < 4.78 is 49.2. The molecule has 150 valence electrons. The van der Waals surface area contributed by atoms with Crippen molar-refractivity contribution in [1.29, 1.82) is 0 Å². The smallest absolute Gasteiger partial charge is 0.416 e. The second-order valence-corrected chi connectivity index (χ2v) is 6.37. The molecule has 0 aliphatic carbocycles. The Morgan fingerprint density at radius 2 is 1.41 bits per heavy atom. The second-order valence-electron chi connectivity index (χ2n) is 6.37. The van der Waals surface area contributed by atoms with E-state index >= 15 is 0 Å². The zero-order chi connectivity index (χ0) is 20.7. The monoisotopic (exact) mass is 400 g/mol. The number of alkyl halides is 3. The lowest BCUT2D eigenvalue weighted by atomic mass is 10.0. The molecule has 3 aromatic carbocycles. The summed E-state index contributed by atoms with van der Waals surface area (Å²) in [6.07, 6.45) is -4.90. The molecular formula is C23H19F3O3. The van der Waals surface area contributed by atoms with Gasteiger partial charge in [0.1, 0.15) is 19.3 Å². The van der Waals surface area contributed by atoms with Crippen molar-refractivity contribution in [3.8, 4) is 0 Å². The Hall–Kier alpha value is -3.12. The SMILES string of the molecule is O=C(COC(c1ccccc1)c1ccccc1)OCc1cccc(C(F)(F)F)c1. The molecule has 0 heterocycles. The predicted octanol–water partition coefficient (Wildman–Crippen LogP) is 5.55. The van der Waals surface area contributed by atoms with Crippen molar-refractivity contribution in [3.05, 3.63) is 107 Å². The Kier molecular flexibility index (Phi) is 6.67. The van der Waals surface area contributed by atoms with Crippen molar-refractivity contribution in [2.45, 2.75) is 18.9 Å². The topological polar surface area (TPSA) is 35.5 Å². The van der Waals surface area contributed by atoms with Crippen LogP contribution in [-0.4, -0.2) is 12.6 Å². The Bertz CT molecular complexity index is 885. The molecule has 0 amide bonds. The third-order valence-corrected chi connectivity index (χ3v) is 4.23. The minimum absolute atomic E-state index is 0.256. The van der Waals surface area contributed by atoms with Gasteiger partial charge in [0.25, 0.3) is 0 Å². The molecule has 0 unspecified atom stereocenters. The zero-order valence-corrected chi connectivity index (χ0v) is 15.4. The van der Waals surface area contributed by atoms with Crippen molar-refractivity contribution in [2.24, 2.45) is 0 Å². The largest absolute Gasteiger partial charge is 0.459 e. The van der Waals surface area contributed by atoms with E-state index in [9.17, 15) is 18.0 Å². The van der Waals surface area contributed by atoms with Crippen molar-refractivity contribution < 1.29 is 27.4 Å². The van der Waals surface area contributed by atoms with Crippen molar-refractivity contribution in [3.63, 3.8) is 0 Å². The molecule has 0 saturated heterocycles. The average molecular weight is 400 g/mol. The Morgan fingerprint density at radius 3 is 1.97 bits per heavy atom. The average Bonchev–Trinajstić information content (AvgIpc) is 2.73. The van der Waals surface area contributed by atoms with Gasteiger partial charge in [-0.1, -0.05) is 72.8 Å². The summed E-state index contributed by atoms with van der Waals surface area (Å²) in [5.74, 6) is -0.653. The first-order chi connectivity index (χ1) is 13.9. The van der Waals surface area contributed by atoms with Gasteiger partial charge in [0.15, 0.2) is 0 Å². The molecule has 0 N–H and O–H groups in total. The fraction of sp³-hybridized carbons (Fsp3) is 0.174. The van der Waals surface area contributed by atoms with Crippen LogP contribution >= 0.6 is 0 Å². The second kappa shape index (κ2) is 9.39. The van der Waals surface area contributed by atoms with Gasteiger partial charge < -0.3 is 9.47 Å². The van der Waals surface area contributed by atoms with Crippen LogP contribution in [0.2, 0.25) is 0 Å². The molecule has 6 heteroatoms. The fourth-order valence-corrected chi connectivity index (χ4v) is 2.83. The van der Waals surface area contributed by atoms with Crippen LogP contribution < -0.4 is 0 Å². The molecule has 0 aromatic heterocycles. The van der Waals surface area contributed by atoms with Crippen molar-refractivity contribution in [1.82, 2.24) is 0 Å². The van der Waals surface area contributed by atoms with Gasteiger partial charge in [0.05, 0.1) is 5.56 Å². The number of esters is 1. The Labute approximate surface area is 166 Å². The van der Waals surface area contributed by atoms with Crippen molar-refractivity contribution >= 4 is 5.97 Å². The maximum Gasteiger partial charge on any atom is 0.416 e. The predicted molar refractivity (Wildman–Crippen MR) is 102 cm³/mol. The Balaban J connectivity index is 1.61. The third kappa shape index (κ3) is 5.93. The number of benzene rings is 3. The molecule has 0 aliphatic heterocycles.